The number of anilines is 1. The van der Waals surface area contributed by atoms with Crippen molar-refractivity contribution < 1.29 is 9.47 Å². The first-order valence-electron chi connectivity index (χ1n) is 6.52. The summed E-state index contributed by atoms with van der Waals surface area (Å²) in [6.45, 7) is 6.15. The van der Waals surface area contributed by atoms with Crippen LogP contribution in [0.2, 0.25) is 0 Å². The van der Waals surface area contributed by atoms with Gasteiger partial charge in [-0.1, -0.05) is 0 Å². The van der Waals surface area contributed by atoms with Crippen LogP contribution in [0.5, 0.6) is 11.5 Å². The quantitative estimate of drug-likeness (QED) is 0.815. The number of ether oxygens (including phenoxy) is 2. The molecule has 1 saturated carbocycles. The van der Waals surface area contributed by atoms with Gasteiger partial charge in [-0.15, -0.1) is 0 Å². The minimum absolute atomic E-state index is 0.184. The third-order valence-corrected chi connectivity index (χ3v) is 2.66. The molecule has 0 saturated heterocycles. The molecule has 1 aliphatic carbocycles. The average Bonchev–Trinajstić information content (AvgIpc) is 2.98. The molecule has 0 unspecified atom stereocenters. The molecule has 1 aromatic carbocycles. The van der Waals surface area contributed by atoms with Crippen LogP contribution in [0.4, 0.5) is 5.69 Å². The Morgan fingerprint density at radius 1 is 1.17 bits per heavy atom. The summed E-state index contributed by atoms with van der Waals surface area (Å²) in [5.41, 5.74) is 0.916. The molecule has 0 heterocycles. The molecular formula is C15H23NO2. The number of hydrogen-bond acceptors (Lipinski definition) is 3. The molecule has 0 aromatic heterocycles. The molecule has 1 aromatic rings. The molecule has 0 atom stereocenters. The van der Waals surface area contributed by atoms with Crippen LogP contribution in [-0.2, 0) is 0 Å². The van der Waals surface area contributed by atoms with Crippen molar-refractivity contribution in [2.24, 2.45) is 0 Å². The van der Waals surface area contributed by atoms with Crippen LogP contribution < -0.4 is 14.4 Å². The fourth-order valence-corrected chi connectivity index (χ4v) is 1.74. The Hall–Kier alpha value is -1.38. The topological polar surface area (TPSA) is 21.7 Å². The van der Waals surface area contributed by atoms with Crippen LogP contribution >= 0.6 is 0 Å². The molecule has 3 heteroatoms. The lowest BCUT2D eigenvalue weighted by molar-refractivity contribution is 0.130. The predicted molar refractivity (Wildman–Crippen MR) is 74.8 cm³/mol. The molecule has 0 radical (unpaired) electrons. The lowest BCUT2D eigenvalue weighted by atomic mass is 10.2. The van der Waals surface area contributed by atoms with E-state index < -0.39 is 0 Å². The largest absolute Gasteiger partial charge is 0.488 e. The highest BCUT2D eigenvalue weighted by atomic mass is 16.5. The molecular weight excluding hydrogens is 226 g/mol. The monoisotopic (exact) mass is 249 g/mol. The van der Waals surface area contributed by atoms with E-state index in [2.05, 4.69) is 11.0 Å². The maximum absolute atomic E-state index is 5.95. The Balaban J connectivity index is 2.23. The van der Waals surface area contributed by atoms with Crippen LogP contribution in [0.25, 0.3) is 0 Å². The number of nitrogens with zero attached hydrogens (tertiary/aromatic N) is 1. The standard InChI is InChI=1S/C15H23NO2/c1-15(2,3)18-12-8-9-13(16(4)5)14(10-12)17-11-6-7-11/h8-11H,6-7H2,1-5H3. The minimum atomic E-state index is -0.184. The highest BCUT2D eigenvalue weighted by molar-refractivity contribution is 5.60. The van der Waals surface area contributed by atoms with Crippen LogP contribution in [0.3, 0.4) is 0 Å². The van der Waals surface area contributed by atoms with Crippen LogP contribution in [0.1, 0.15) is 33.6 Å². The van der Waals surface area contributed by atoms with Gasteiger partial charge in [0.1, 0.15) is 17.1 Å². The van der Waals surface area contributed by atoms with E-state index in [0.717, 1.165) is 30.0 Å². The Bertz CT molecular complexity index is 417. The first-order chi connectivity index (χ1) is 8.35. The second-order valence-corrected chi connectivity index (χ2v) is 6.06. The summed E-state index contributed by atoms with van der Waals surface area (Å²) >= 11 is 0. The summed E-state index contributed by atoms with van der Waals surface area (Å²) in [4.78, 5) is 2.07. The molecule has 0 N–H and O–H groups in total. The fraction of sp³-hybridized carbons (Fsp3) is 0.600. The van der Waals surface area contributed by atoms with Crippen molar-refractivity contribution in [3.8, 4) is 11.5 Å². The SMILES string of the molecule is CN(C)c1ccc(OC(C)(C)C)cc1OC1CC1. The van der Waals surface area contributed by atoms with Crippen molar-refractivity contribution in [2.45, 2.75) is 45.3 Å². The van der Waals surface area contributed by atoms with Gasteiger partial charge < -0.3 is 14.4 Å². The number of benzene rings is 1. The minimum Gasteiger partial charge on any atom is -0.488 e. The molecule has 1 aliphatic rings. The summed E-state index contributed by atoms with van der Waals surface area (Å²) < 4.78 is 11.8. The highest BCUT2D eigenvalue weighted by Gasteiger charge is 2.25. The Labute approximate surface area is 110 Å². The third-order valence-electron chi connectivity index (χ3n) is 2.66. The van der Waals surface area contributed by atoms with Gasteiger partial charge in [-0.3, -0.25) is 0 Å². The van der Waals surface area contributed by atoms with E-state index in [0.29, 0.717) is 6.10 Å². The Morgan fingerprint density at radius 2 is 1.83 bits per heavy atom. The summed E-state index contributed by atoms with van der Waals surface area (Å²) in [6.07, 6.45) is 2.72. The molecule has 0 amide bonds. The zero-order valence-corrected chi connectivity index (χ0v) is 12.0. The molecule has 0 bridgehead atoms. The van der Waals surface area contributed by atoms with E-state index in [-0.39, 0.29) is 5.60 Å². The van der Waals surface area contributed by atoms with Gasteiger partial charge in [0.2, 0.25) is 0 Å². The van der Waals surface area contributed by atoms with Gasteiger partial charge in [-0.05, 0) is 45.7 Å². The Kier molecular flexibility index (Phi) is 3.42. The van der Waals surface area contributed by atoms with E-state index in [4.69, 9.17) is 9.47 Å². The first-order valence-corrected chi connectivity index (χ1v) is 6.52. The van der Waals surface area contributed by atoms with Crippen LogP contribution in [0, 0.1) is 0 Å². The normalized spacial score (nSPS) is 15.4. The van der Waals surface area contributed by atoms with Crippen molar-refractivity contribution in [1.82, 2.24) is 0 Å². The van der Waals surface area contributed by atoms with Gasteiger partial charge in [0, 0.05) is 20.2 Å². The van der Waals surface area contributed by atoms with E-state index in [1.165, 1.54) is 0 Å². The van der Waals surface area contributed by atoms with E-state index in [1.807, 2.05) is 47.0 Å². The van der Waals surface area contributed by atoms with Crippen LogP contribution in [-0.4, -0.2) is 25.8 Å². The summed E-state index contributed by atoms with van der Waals surface area (Å²) in [6, 6.07) is 6.05. The molecule has 18 heavy (non-hydrogen) atoms. The summed E-state index contributed by atoms with van der Waals surface area (Å²) in [7, 11) is 4.05. The predicted octanol–water partition coefficient (Wildman–Crippen LogP) is 3.47. The lowest BCUT2D eigenvalue weighted by Crippen LogP contribution is -2.23. The molecule has 100 valence electrons. The van der Waals surface area contributed by atoms with Gasteiger partial charge in [0.05, 0.1) is 11.8 Å². The van der Waals surface area contributed by atoms with Gasteiger partial charge in [0.15, 0.2) is 0 Å². The van der Waals surface area contributed by atoms with Gasteiger partial charge in [0.25, 0.3) is 0 Å². The van der Waals surface area contributed by atoms with Gasteiger partial charge in [-0.25, -0.2) is 0 Å². The van der Waals surface area contributed by atoms with Crippen LogP contribution in [0.15, 0.2) is 18.2 Å². The van der Waals surface area contributed by atoms with Gasteiger partial charge in [-0.2, -0.15) is 0 Å². The van der Waals surface area contributed by atoms with Crippen molar-refractivity contribution in [2.75, 3.05) is 19.0 Å². The number of hydrogen-bond donors (Lipinski definition) is 0. The Morgan fingerprint density at radius 3 is 2.33 bits per heavy atom. The van der Waals surface area contributed by atoms with Gasteiger partial charge >= 0.3 is 0 Å². The van der Waals surface area contributed by atoms with E-state index in [9.17, 15) is 0 Å². The third kappa shape index (κ3) is 3.56. The fourth-order valence-electron chi connectivity index (χ4n) is 1.74. The van der Waals surface area contributed by atoms with E-state index >= 15 is 0 Å². The smallest absolute Gasteiger partial charge is 0.146 e. The molecule has 3 nitrogen and oxygen atoms in total. The second-order valence-electron chi connectivity index (χ2n) is 6.06. The van der Waals surface area contributed by atoms with Crippen molar-refractivity contribution >= 4 is 5.69 Å². The zero-order chi connectivity index (χ0) is 13.3. The highest BCUT2D eigenvalue weighted by Crippen LogP contribution is 2.36. The second kappa shape index (κ2) is 4.71. The molecule has 2 rings (SSSR count). The van der Waals surface area contributed by atoms with Crippen molar-refractivity contribution in [1.29, 1.82) is 0 Å². The average molecular weight is 249 g/mol. The summed E-state index contributed by atoms with van der Waals surface area (Å²) in [5, 5.41) is 0. The number of rotatable bonds is 4. The van der Waals surface area contributed by atoms with Crippen molar-refractivity contribution in [3.05, 3.63) is 18.2 Å². The maximum Gasteiger partial charge on any atom is 0.146 e. The zero-order valence-electron chi connectivity index (χ0n) is 12.0. The first kappa shape index (κ1) is 13.1. The molecule has 0 aliphatic heterocycles. The lowest BCUT2D eigenvalue weighted by Gasteiger charge is -2.23. The summed E-state index contributed by atoms with van der Waals surface area (Å²) in [5.74, 6) is 1.79. The maximum atomic E-state index is 5.95. The van der Waals surface area contributed by atoms with Crippen molar-refractivity contribution in [3.63, 3.8) is 0 Å². The molecule has 0 spiro atoms. The van der Waals surface area contributed by atoms with E-state index in [1.54, 1.807) is 0 Å². The molecule has 1 fully saturated rings.